The molecule has 2 aromatic heterocycles. The fourth-order valence-electron chi connectivity index (χ4n) is 15.5. The lowest BCUT2D eigenvalue weighted by Gasteiger charge is -2.47. The van der Waals surface area contributed by atoms with E-state index in [9.17, 15) is 0 Å². The Balaban J connectivity index is 1.09. The van der Waals surface area contributed by atoms with E-state index in [1.807, 2.05) is 0 Å². The van der Waals surface area contributed by atoms with E-state index in [0.29, 0.717) is 0 Å². The molecule has 5 heterocycles. The number of rotatable bonds is 5. The van der Waals surface area contributed by atoms with Gasteiger partial charge in [0.1, 0.15) is 0 Å². The van der Waals surface area contributed by atoms with Gasteiger partial charge in [0.2, 0.25) is 0 Å². The second-order valence-corrected chi connectivity index (χ2v) is 30.8. The predicted molar refractivity (Wildman–Crippen MR) is 391 cm³/mol. The topological polar surface area (TPSA) is 19.6 Å². The van der Waals surface area contributed by atoms with Gasteiger partial charge >= 0.3 is 0 Å². The molecular weight excluding hydrogens is 1100 g/mol. The Morgan fingerprint density at radius 2 is 0.560 bits per heavy atom. The maximum absolute atomic E-state index is 2.68. The van der Waals surface area contributed by atoms with Crippen molar-refractivity contribution in [3.63, 3.8) is 0 Å². The molecule has 6 heteroatoms. The Bertz CT molecular complexity index is 4690. The lowest BCUT2D eigenvalue weighted by Crippen LogP contribution is -2.61. The molecule has 0 fully saturated rings. The van der Waals surface area contributed by atoms with Gasteiger partial charge in [-0.1, -0.05) is 230 Å². The van der Waals surface area contributed by atoms with Crippen LogP contribution in [0.15, 0.2) is 231 Å². The Morgan fingerprint density at radius 1 is 0.275 bits per heavy atom. The third kappa shape index (κ3) is 8.72. The summed E-state index contributed by atoms with van der Waals surface area (Å²) in [7, 11) is 0. The maximum atomic E-state index is 2.68. The molecule has 0 saturated carbocycles. The van der Waals surface area contributed by atoms with Gasteiger partial charge < -0.3 is 23.8 Å². The Hall–Kier alpha value is -9.52. The summed E-state index contributed by atoms with van der Waals surface area (Å²) in [5.74, 6) is 0. The van der Waals surface area contributed by atoms with Crippen LogP contribution in [0.25, 0.3) is 55.0 Å². The predicted octanol–water partition coefficient (Wildman–Crippen LogP) is 21.3. The number of hydrogen-bond acceptors (Lipinski definition) is 3. The molecule has 0 radical (unpaired) electrons. The third-order valence-corrected chi connectivity index (χ3v) is 20.4. The van der Waals surface area contributed by atoms with Crippen molar-refractivity contribution in [1.29, 1.82) is 0 Å². The van der Waals surface area contributed by atoms with Gasteiger partial charge in [0.05, 0.1) is 39.1 Å². The first kappa shape index (κ1) is 56.7. The summed E-state index contributed by atoms with van der Waals surface area (Å²) >= 11 is 0. The summed E-state index contributed by atoms with van der Waals surface area (Å²) in [5.41, 5.74) is 28.3. The summed E-state index contributed by atoms with van der Waals surface area (Å²) in [6.45, 7) is 33.1. The zero-order valence-corrected chi connectivity index (χ0v) is 55.3. The molecule has 0 aliphatic carbocycles. The average Bonchev–Trinajstić information content (AvgIpc) is 1.69. The lowest BCUT2D eigenvalue weighted by molar-refractivity contribution is 0.568. The SMILES string of the molecule is CC(C)(C)c1cc(N2c3cc(-n4c5ccccc5c5ccccc54)ccc3B3c4ccc(-n5c6ccccc6c6ccccc65)cc4N(c4cc(C(C)(C)C)cc(C(C)(C)C)c4)c4cc(N5c6ccccc6C(C)(C)c6ccccc65)cc2c43)cc(C(C)(C)C)c1. The van der Waals surface area contributed by atoms with Gasteiger partial charge in [-0.25, -0.2) is 0 Å². The molecule has 5 nitrogen and oxygen atoms in total. The molecule has 13 aromatic rings. The van der Waals surface area contributed by atoms with Crippen molar-refractivity contribution in [2.24, 2.45) is 0 Å². The first-order valence-electron chi connectivity index (χ1n) is 32.8. The van der Waals surface area contributed by atoms with Crippen molar-refractivity contribution in [1.82, 2.24) is 9.13 Å². The summed E-state index contributed by atoms with van der Waals surface area (Å²) in [5, 5.41) is 4.98. The fourth-order valence-corrected chi connectivity index (χ4v) is 15.5. The second kappa shape index (κ2) is 19.7. The second-order valence-electron chi connectivity index (χ2n) is 30.8. The van der Waals surface area contributed by atoms with Gasteiger partial charge in [0, 0.05) is 72.5 Å². The van der Waals surface area contributed by atoms with Crippen LogP contribution in [0.3, 0.4) is 0 Å². The van der Waals surface area contributed by atoms with Gasteiger partial charge in [-0.05, 0) is 168 Å². The summed E-state index contributed by atoms with van der Waals surface area (Å²) < 4.78 is 5.00. The van der Waals surface area contributed by atoms with Crippen LogP contribution in [0.2, 0.25) is 0 Å². The van der Waals surface area contributed by atoms with Gasteiger partial charge in [-0.15, -0.1) is 0 Å². The number of fused-ring (bicyclic) bond motifs is 12. The molecule has 3 aliphatic rings. The summed E-state index contributed by atoms with van der Waals surface area (Å²) in [4.78, 5) is 7.96. The van der Waals surface area contributed by atoms with Crippen molar-refractivity contribution < 1.29 is 0 Å². The number of aromatic nitrogens is 2. The highest BCUT2D eigenvalue weighted by atomic mass is 15.2. The van der Waals surface area contributed by atoms with E-state index < -0.39 is 0 Å². The maximum Gasteiger partial charge on any atom is 0.252 e. The smallest absolute Gasteiger partial charge is 0.252 e. The van der Waals surface area contributed by atoms with Crippen LogP contribution in [0.1, 0.15) is 130 Å². The monoisotopic (exact) mass is 1180 g/mol. The molecule has 0 saturated heterocycles. The minimum absolute atomic E-state index is 0.149. The molecule has 0 N–H and O–H groups in total. The van der Waals surface area contributed by atoms with Crippen LogP contribution in [-0.2, 0) is 27.1 Å². The summed E-state index contributed by atoms with van der Waals surface area (Å²) in [6.07, 6.45) is 0. The molecule has 448 valence electrons. The van der Waals surface area contributed by atoms with E-state index in [1.165, 1.54) is 128 Å². The molecule has 91 heavy (non-hydrogen) atoms. The van der Waals surface area contributed by atoms with Gasteiger partial charge in [0.15, 0.2) is 0 Å². The first-order chi connectivity index (χ1) is 43.4. The van der Waals surface area contributed by atoms with Gasteiger partial charge in [0.25, 0.3) is 6.71 Å². The van der Waals surface area contributed by atoms with Crippen molar-refractivity contribution in [3.8, 4) is 11.4 Å². The van der Waals surface area contributed by atoms with E-state index in [0.717, 1.165) is 28.4 Å². The number of hydrogen-bond donors (Lipinski definition) is 0. The highest BCUT2D eigenvalue weighted by Crippen LogP contribution is 2.56. The largest absolute Gasteiger partial charge is 0.311 e. The van der Waals surface area contributed by atoms with Crippen molar-refractivity contribution in [3.05, 3.63) is 264 Å². The van der Waals surface area contributed by atoms with Crippen LogP contribution in [0.4, 0.5) is 51.2 Å². The number of nitrogens with zero attached hydrogens (tertiary/aromatic N) is 5. The van der Waals surface area contributed by atoms with Crippen LogP contribution < -0.4 is 31.1 Å². The molecular formula is C85H80BN5. The molecule has 0 bridgehead atoms. The quantitative estimate of drug-likeness (QED) is 0.160. The van der Waals surface area contributed by atoms with Crippen molar-refractivity contribution >= 4 is 118 Å². The molecule has 0 spiro atoms. The van der Waals surface area contributed by atoms with Crippen molar-refractivity contribution in [2.45, 2.75) is 124 Å². The Morgan fingerprint density at radius 3 is 0.901 bits per heavy atom. The van der Waals surface area contributed by atoms with Crippen LogP contribution in [0.5, 0.6) is 0 Å². The highest BCUT2D eigenvalue weighted by Gasteiger charge is 2.46. The molecule has 11 aromatic carbocycles. The number of para-hydroxylation sites is 6. The van der Waals surface area contributed by atoms with E-state index in [2.05, 4.69) is 351 Å². The molecule has 3 aliphatic heterocycles. The number of benzene rings is 11. The van der Waals surface area contributed by atoms with Crippen LogP contribution in [0, 0.1) is 0 Å². The van der Waals surface area contributed by atoms with E-state index in [4.69, 9.17) is 0 Å². The third-order valence-electron chi connectivity index (χ3n) is 20.4. The van der Waals surface area contributed by atoms with Gasteiger partial charge in [-0.2, -0.15) is 0 Å². The lowest BCUT2D eigenvalue weighted by atomic mass is 9.33. The zero-order valence-electron chi connectivity index (χ0n) is 55.3. The van der Waals surface area contributed by atoms with Crippen molar-refractivity contribution in [2.75, 3.05) is 14.7 Å². The zero-order chi connectivity index (χ0) is 63.0. The Labute approximate surface area is 537 Å². The Kier molecular flexibility index (Phi) is 12.3. The van der Waals surface area contributed by atoms with E-state index >= 15 is 0 Å². The summed E-state index contributed by atoms with van der Waals surface area (Å²) in [6, 6.07) is 89.0. The minimum Gasteiger partial charge on any atom is -0.311 e. The van der Waals surface area contributed by atoms with E-state index in [1.54, 1.807) is 0 Å². The first-order valence-corrected chi connectivity index (χ1v) is 32.8. The molecule has 0 amide bonds. The van der Waals surface area contributed by atoms with Crippen LogP contribution in [-0.4, -0.2) is 15.8 Å². The fraction of sp³-hybridized carbons (Fsp3) is 0.224. The number of anilines is 9. The average molecular weight is 1180 g/mol. The van der Waals surface area contributed by atoms with Gasteiger partial charge in [-0.3, -0.25) is 0 Å². The highest BCUT2D eigenvalue weighted by molar-refractivity contribution is 7.00. The minimum atomic E-state index is -0.257. The molecule has 0 unspecified atom stereocenters. The molecule has 16 rings (SSSR count). The van der Waals surface area contributed by atoms with E-state index in [-0.39, 0.29) is 33.8 Å². The molecule has 0 atom stereocenters. The normalized spacial score (nSPS) is 14.5. The van der Waals surface area contributed by atoms with Crippen LogP contribution >= 0.6 is 0 Å². The standard InChI is InChI=1S/C85H80BN5/c1-81(2,3)53-43-54(82(4,5)6)46-59(45-53)90-76-49-57(87-70-33-21-15-27-62(70)63-28-16-22-34-71(63)87)39-41-68(76)86-69-42-40-58(88-72-35-23-17-29-64(72)65-30-18-24-36-73(65)88)50-77(69)91(60-47-55(83(7,8)9)44-56(48-60)84(10,11)12)79-52-61(51-78(90)80(79)86)89-74-37-25-19-31-66(74)85(13,14)67-32-20-26-38-75(67)89/h15-52H,1-14H3.